The Morgan fingerprint density at radius 3 is 2.52 bits per heavy atom. The van der Waals surface area contributed by atoms with Crippen molar-refractivity contribution in [2.75, 3.05) is 11.1 Å². The Kier molecular flexibility index (Phi) is 6.32. The predicted molar refractivity (Wildman–Crippen MR) is 128 cm³/mol. The van der Waals surface area contributed by atoms with Crippen molar-refractivity contribution in [3.8, 4) is 5.69 Å². The highest BCUT2D eigenvalue weighted by Gasteiger charge is 2.17. The molecule has 1 heterocycles. The highest BCUT2D eigenvalue weighted by atomic mass is 35.5. The number of carbonyl (C=O) groups excluding carboxylic acids is 1. The number of thioether (sulfide) groups is 1. The van der Waals surface area contributed by atoms with Crippen LogP contribution in [0.1, 0.15) is 5.56 Å². The molecule has 0 aliphatic rings. The van der Waals surface area contributed by atoms with Crippen LogP contribution in [0.2, 0.25) is 10.0 Å². The van der Waals surface area contributed by atoms with Gasteiger partial charge in [-0.1, -0.05) is 65.3 Å². The van der Waals surface area contributed by atoms with Crippen molar-refractivity contribution in [3.05, 3.63) is 92.7 Å². The second-order valence-electron chi connectivity index (χ2n) is 6.75. The number of nitrogens with one attached hydrogen (secondary N) is 1. The Balaban J connectivity index is 1.73. The predicted octanol–water partition coefficient (Wildman–Crippen LogP) is 5.73. The first-order valence-corrected chi connectivity index (χ1v) is 11.1. The van der Waals surface area contributed by atoms with E-state index < -0.39 is 0 Å². The highest BCUT2D eigenvalue weighted by Crippen LogP contribution is 2.27. The topological polar surface area (TPSA) is 64.0 Å². The second kappa shape index (κ2) is 9.14. The number of rotatable bonds is 5. The third-order valence-corrected chi connectivity index (χ3v) is 6.38. The lowest BCUT2D eigenvalue weighted by atomic mass is 10.2. The number of halogens is 2. The van der Waals surface area contributed by atoms with Gasteiger partial charge in [0.1, 0.15) is 0 Å². The van der Waals surface area contributed by atoms with Crippen LogP contribution in [0.25, 0.3) is 16.6 Å². The summed E-state index contributed by atoms with van der Waals surface area (Å²) >= 11 is 13.6. The van der Waals surface area contributed by atoms with E-state index in [2.05, 4.69) is 10.3 Å². The summed E-state index contributed by atoms with van der Waals surface area (Å²) in [6.07, 6.45) is 0. The number of anilines is 1. The van der Waals surface area contributed by atoms with Crippen LogP contribution in [-0.4, -0.2) is 21.2 Å². The summed E-state index contributed by atoms with van der Waals surface area (Å²) in [5.74, 6) is -0.204. The van der Waals surface area contributed by atoms with Crippen LogP contribution in [0.4, 0.5) is 5.69 Å². The van der Waals surface area contributed by atoms with Gasteiger partial charge in [0.05, 0.1) is 33.1 Å². The van der Waals surface area contributed by atoms with E-state index in [1.807, 2.05) is 19.1 Å². The Morgan fingerprint density at radius 2 is 1.71 bits per heavy atom. The summed E-state index contributed by atoms with van der Waals surface area (Å²) in [5.41, 5.74) is 2.27. The van der Waals surface area contributed by atoms with E-state index in [4.69, 9.17) is 23.2 Å². The molecule has 0 saturated heterocycles. The maximum Gasteiger partial charge on any atom is 0.266 e. The van der Waals surface area contributed by atoms with Crippen LogP contribution in [0.3, 0.4) is 0 Å². The van der Waals surface area contributed by atoms with Crippen LogP contribution in [0, 0.1) is 6.92 Å². The first-order chi connectivity index (χ1) is 15.0. The van der Waals surface area contributed by atoms with Crippen LogP contribution >= 0.6 is 35.0 Å². The number of fused-ring (bicyclic) bond motifs is 1. The van der Waals surface area contributed by atoms with E-state index >= 15 is 0 Å². The average Bonchev–Trinajstić information content (AvgIpc) is 2.76. The fraction of sp³-hybridized carbons (Fsp3) is 0.0870. The van der Waals surface area contributed by atoms with Crippen LogP contribution < -0.4 is 10.9 Å². The van der Waals surface area contributed by atoms with Gasteiger partial charge in [0, 0.05) is 5.02 Å². The largest absolute Gasteiger partial charge is 0.324 e. The first-order valence-electron chi connectivity index (χ1n) is 9.40. The zero-order valence-corrected chi connectivity index (χ0v) is 18.8. The van der Waals surface area contributed by atoms with Crippen LogP contribution in [0.15, 0.2) is 76.7 Å². The molecule has 3 aromatic carbocycles. The molecule has 0 atom stereocenters. The summed E-state index contributed by atoms with van der Waals surface area (Å²) in [4.78, 5) is 30.5. The molecule has 0 saturated carbocycles. The molecule has 0 unspecified atom stereocenters. The zero-order chi connectivity index (χ0) is 22.0. The maximum atomic E-state index is 13.3. The number of amides is 1. The standard InChI is InChI=1S/C23H17Cl2N3O2S/c1-14-16(24)9-6-12-20(14)28-22(30)15-7-2-4-10-18(15)27-23(28)31-13-21(29)26-19-11-5-3-8-17(19)25/h2-12H,13H2,1H3,(H,26,29). The molecule has 0 bridgehead atoms. The molecule has 0 fully saturated rings. The number of hydrogen-bond acceptors (Lipinski definition) is 4. The fourth-order valence-electron chi connectivity index (χ4n) is 3.14. The normalized spacial score (nSPS) is 10.9. The Labute approximate surface area is 193 Å². The average molecular weight is 470 g/mol. The van der Waals surface area contributed by atoms with E-state index in [1.165, 1.54) is 16.3 Å². The van der Waals surface area contributed by atoms with Crippen molar-refractivity contribution in [1.82, 2.24) is 9.55 Å². The van der Waals surface area contributed by atoms with Gasteiger partial charge in [-0.2, -0.15) is 0 Å². The zero-order valence-electron chi connectivity index (χ0n) is 16.4. The molecule has 31 heavy (non-hydrogen) atoms. The smallest absolute Gasteiger partial charge is 0.266 e. The summed E-state index contributed by atoms with van der Waals surface area (Å²) in [6, 6.07) is 19.5. The third kappa shape index (κ3) is 4.46. The molecule has 0 radical (unpaired) electrons. The van der Waals surface area contributed by atoms with Crippen LogP contribution in [-0.2, 0) is 4.79 Å². The molecule has 4 aromatic rings. The number of aromatic nitrogens is 2. The maximum absolute atomic E-state index is 13.3. The van der Waals surface area contributed by atoms with Gasteiger partial charge in [0.25, 0.3) is 5.56 Å². The van der Waals surface area contributed by atoms with E-state index in [0.717, 1.165) is 5.56 Å². The quantitative estimate of drug-likeness (QED) is 0.299. The molecule has 0 aliphatic heterocycles. The van der Waals surface area contributed by atoms with Crippen molar-refractivity contribution in [2.45, 2.75) is 12.1 Å². The highest BCUT2D eigenvalue weighted by molar-refractivity contribution is 7.99. The van der Waals surface area contributed by atoms with Gasteiger partial charge in [-0.25, -0.2) is 4.98 Å². The van der Waals surface area contributed by atoms with Gasteiger partial charge >= 0.3 is 0 Å². The van der Waals surface area contributed by atoms with Crippen LogP contribution in [0.5, 0.6) is 0 Å². The first kappa shape index (κ1) is 21.4. The van der Waals surface area contributed by atoms with Gasteiger partial charge < -0.3 is 5.32 Å². The number of benzene rings is 3. The summed E-state index contributed by atoms with van der Waals surface area (Å²) in [5, 5.41) is 4.68. The lowest BCUT2D eigenvalue weighted by molar-refractivity contribution is -0.113. The number of para-hydroxylation sites is 2. The molecule has 0 aliphatic carbocycles. The SMILES string of the molecule is Cc1c(Cl)cccc1-n1c(SCC(=O)Nc2ccccc2Cl)nc2ccccc2c1=O. The molecule has 8 heteroatoms. The molecule has 1 aromatic heterocycles. The van der Waals surface area contributed by atoms with Crippen molar-refractivity contribution >= 4 is 57.5 Å². The third-order valence-electron chi connectivity index (χ3n) is 4.71. The summed E-state index contributed by atoms with van der Waals surface area (Å²) in [6.45, 7) is 1.85. The molecular formula is C23H17Cl2N3O2S. The van der Waals surface area contributed by atoms with Gasteiger partial charge in [-0.05, 0) is 48.9 Å². The summed E-state index contributed by atoms with van der Waals surface area (Å²) < 4.78 is 1.51. The van der Waals surface area contributed by atoms with Crippen molar-refractivity contribution in [1.29, 1.82) is 0 Å². The molecule has 1 amide bonds. The number of nitrogens with zero attached hydrogens (tertiary/aromatic N) is 2. The van der Waals surface area contributed by atoms with Gasteiger partial charge in [0.15, 0.2) is 5.16 Å². The number of hydrogen-bond donors (Lipinski definition) is 1. The number of carbonyl (C=O) groups is 1. The Hall–Kier alpha value is -2.80. The fourth-order valence-corrected chi connectivity index (χ4v) is 4.30. The van der Waals surface area contributed by atoms with Gasteiger partial charge in [-0.3, -0.25) is 14.2 Å². The van der Waals surface area contributed by atoms with E-state index in [1.54, 1.807) is 54.6 Å². The van der Waals surface area contributed by atoms with Gasteiger partial charge in [0.2, 0.25) is 5.91 Å². The van der Waals surface area contributed by atoms with Gasteiger partial charge in [-0.15, -0.1) is 0 Å². The monoisotopic (exact) mass is 469 g/mol. The minimum atomic E-state index is -0.255. The van der Waals surface area contributed by atoms with Crippen molar-refractivity contribution in [3.63, 3.8) is 0 Å². The second-order valence-corrected chi connectivity index (χ2v) is 8.51. The molecule has 5 nitrogen and oxygen atoms in total. The van der Waals surface area contributed by atoms with Crippen molar-refractivity contribution in [2.24, 2.45) is 0 Å². The molecule has 1 N–H and O–H groups in total. The lowest BCUT2D eigenvalue weighted by Gasteiger charge is -2.16. The molecular weight excluding hydrogens is 453 g/mol. The Bertz CT molecular complexity index is 1350. The molecule has 0 spiro atoms. The molecule has 4 rings (SSSR count). The molecule has 156 valence electrons. The minimum Gasteiger partial charge on any atom is -0.324 e. The minimum absolute atomic E-state index is 0.0512. The Morgan fingerprint density at radius 1 is 1.00 bits per heavy atom. The summed E-state index contributed by atoms with van der Waals surface area (Å²) in [7, 11) is 0. The lowest BCUT2D eigenvalue weighted by Crippen LogP contribution is -2.23. The van der Waals surface area contributed by atoms with Crippen molar-refractivity contribution < 1.29 is 4.79 Å². The van der Waals surface area contributed by atoms with E-state index in [9.17, 15) is 9.59 Å². The van der Waals surface area contributed by atoms with E-state index in [-0.39, 0.29) is 17.2 Å². The van der Waals surface area contributed by atoms with E-state index in [0.29, 0.717) is 37.5 Å².